The van der Waals surface area contributed by atoms with Crippen LogP contribution in [0.2, 0.25) is 0 Å². The number of furan rings is 1. The molecule has 69 heavy (non-hydrogen) atoms. The standard InChI is InChI=1S/C66H50N2O/c1-66(2,3)53-33-27-48(28-34-53)59-24-14-16-26-63(59)68(55-35-29-46(30-36-55)45-17-7-4-8-18-45)57-38-32-50-42-61-60-41-49-31-37-56(39-51(49)43-64(60)69-65(61)44-52(50)40-57)67(54-21-11-6-12-22-54)62-25-15-13-23-58(62)47-19-9-5-10-20-47/h4-44H,1-3H3. The summed E-state index contributed by atoms with van der Waals surface area (Å²) in [5, 5.41) is 6.76. The highest BCUT2D eigenvalue weighted by molar-refractivity contribution is 6.14. The minimum atomic E-state index is 0.0681. The number of nitrogens with zero attached hydrogens (tertiary/aromatic N) is 2. The monoisotopic (exact) mass is 886 g/mol. The number of fused-ring (bicyclic) bond motifs is 5. The summed E-state index contributed by atoms with van der Waals surface area (Å²) in [6.07, 6.45) is 0. The molecule has 0 saturated heterocycles. The first-order valence-corrected chi connectivity index (χ1v) is 23.8. The summed E-state index contributed by atoms with van der Waals surface area (Å²) in [5.41, 5.74) is 16.7. The average Bonchev–Trinajstić information content (AvgIpc) is 3.74. The van der Waals surface area contributed by atoms with Crippen molar-refractivity contribution in [3.05, 3.63) is 254 Å². The molecule has 0 fully saturated rings. The lowest BCUT2D eigenvalue weighted by Crippen LogP contribution is -2.12. The molecule has 0 aliphatic carbocycles. The van der Waals surface area contributed by atoms with E-state index in [1.165, 1.54) is 38.9 Å². The molecule has 11 aromatic carbocycles. The molecule has 3 nitrogen and oxygen atoms in total. The van der Waals surface area contributed by atoms with Gasteiger partial charge < -0.3 is 14.2 Å². The topological polar surface area (TPSA) is 19.6 Å². The van der Waals surface area contributed by atoms with Crippen molar-refractivity contribution >= 4 is 77.6 Å². The molecule has 0 N–H and O–H groups in total. The fourth-order valence-electron chi connectivity index (χ4n) is 9.97. The maximum atomic E-state index is 6.82. The summed E-state index contributed by atoms with van der Waals surface area (Å²) in [7, 11) is 0. The minimum absolute atomic E-state index is 0.0681. The molecule has 0 aliphatic heterocycles. The maximum absolute atomic E-state index is 6.82. The Hall–Kier alpha value is -8.66. The van der Waals surface area contributed by atoms with E-state index in [9.17, 15) is 0 Å². The smallest absolute Gasteiger partial charge is 0.136 e. The van der Waals surface area contributed by atoms with E-state index in [1.54, 1.807) is 0 Å². The van der Waals surface area contributed by atoms with E-state index in [2.05, 4.69) is 279 Å². The van der Waals surface area contributed by atoms with Gasteiger partial charge in [-0.15, -0.1) is 0 Å². The Labute approximate surface area is 403 Å². The van der Waals surface area contributed by atoms with Crippen LogP contribution >= 0.6 is 0 Å². The van der Waals surface area contributed by atoms with Gasteiger partial charge in [-0.3, -0.25) is 0 Å². The highest BCUT2D eigenvalue weighted by Gasteiger charge is 2.21. The van der Waals surface area contributed by atoms with E-state index in [-0.39, 0.29) is 5.41 Å². The Morgan fingerprint density at radius 1 is 0.304 bits per heavy atom. The van der Waals surface area contributed by atoms with Gasteiger partial charge in [-0.05, 0) is 140 Å². The molecular formula is C66H50N2O. The Kier molecular flexibility index (Phi) is 10.4. The van der Waals surface area contributed by atoms with Gasteiger partial charge in [-0.2, -0.15) is 0 Å². The molecule has 330 valence electrons. The van der Waals surface area contributed by atoms with Crippen LogP contribution in [0.3, 0.4) is 0 Å². The Morgan fingerprint density at radius 3 is 1.20 bits per heavy atom. The van der Waals surface area contributed by atoms with Gasteiger partial charge in [0.15, 0.2) is 0 Å². The van der Waals surface area contributed by atoms with Crippen molar-refractivity contribution in [2.75, 3.05) is 9.80 Å². The molecule has 0 radical (unpaired) electrons. The molecular weight excluding hydrogens is 837 g/mol. The number of para-hydroxylation sites is 3. The Bertz CT molecular complexity index is 3790. The predicted octanol–water partition coefficient (Wildman–Crippen LogP) is 19.1. The van der Waals surface area contributed by atoms with Crippen molar-refractivity contribution in [1.82, 2.24) is 0 Å². The normalized spacial score (nSPS) is 11.7. The molecule has 12 aromatic rings. The van der Waals surface area contributed by atoms with Gasteiger partial charge in [0.2, 0.25) is 0 Å². The van der Waals surface area contributed by atoms with Crippen LogP contribution in [0, 0.1) is 0 Å². The van der Waals surface area contributed by atoms with Crippen molar-refractivity contribution < 1.29 is 4.42 Å². The number of rotatable bonds is 9. The fraction of sp³-hybridized carbons (Fsp3) is 0.0606. The van der Waals surface area contributed by atoms with Crippen molar-refractivity contribution in [2.45, 2.75) is 26.2 Å². The Balaban J connectivity index is 0.962. The van der Waals surface area contributed by atoms with Crippen LogP contribution in [0.5, 0.6) is 0 Å². The SMILES string of the molecule is CC(C)(C)c1ccc(-c2ccccc2N(c2ccc(-c3ccccc3)cc2)c2ccc3cc4c(cc3c2)oc2cc3cc(N(c5ccccc5)c5ccccc5-c5ccccc5)ccc3cc24)cc1. The predicted molar refractivity (Wildman–Crippen MR) is 293 cm³/mol. The maximum Gasteiger partial charge on any atom is 0.136 e. The van der Waals surface area contributed by atoms with Gasteiger partial charge in [-0.1, -0.05) is 185 Å². The third-order valence-electron chi connectivity index (χ3n) is 13.6. The highest BCUT2D eigenvalue weighted by atomic mass is 16.3. The van der Waals surface area contributed by atoms with Gasteiger partial charge in [0.05, 0.1) is 11.4 Å². The molecule has 0 unspecified atom stereocenters. The first-order valence-electron chi connectivity index (χ1n) is 23.8. The third-order valence-corrected chi connectivity index (χ3v) is 13.6. The second kappa shape index (κ2) is 17.2. The first-order chi connectivity index (χ1) is 33.8. The van der Waals surface area contributed by atoms with Crippen molar-refractivity contribution in [3.63, 3.8) is 0 Å². The number of hydrogen-bond acceptors (Lipinski definition) is 3. The summed E-state index contributed by atoms with van der Waals surface area (Å²) in [6.45, 7) is 6.80. The van der Waals surface area contributed by atoms with Gasteiger partial charge in [0, 0.05) is 44.6 Å². The van der Waals surface area contributed by atoms with Gasteiger partial charge in [0.1, 0.15) is 11.2 Å². The van der Waals surface area contributed by atoms with Gasteiger partial charge in [0.25, 0.3) is 0 Å². The molecule has 0 atom stereocenters. The second-order valence-corrected chi connectivity index (χ2v) is 19.0. The minimum Gasteiger partial charge on any atom is -0.456 e. The van der Waals surface area contributed by atoms with E-state index in [0.29, 0.717) is 0 Å². The van der Waals surface area contributed by atoms with E-state index in [4.69, 9.17) is 4.42 Å². The quantitative estimate of drug-likeness (QED) is 0.144. The molecule has 3 heteroatoms. The van der Waals surface area contributed by atoms with Gasteiger partial charge in [-0.25, -0.2) is 0 Å². The average molecular weight is 887 g/mol. The summed E-state index contributed by atoms with van der Waals surface area (Å²) in [5.74, 6) is 0. The Morgan fingerprint density at radius 2 is 0.696 bits per heavy atom. The van der Waals surface area contributed by atoms with Crippen LogP contribution in [0.1, 0.15) is 26.3 Å². The zero-order chi connectivity index (χ0) is 46.5. The van der Waals surface area contributed by atoms with Crippen LogP contribution < -0.4 is 9.80 Å². The highest BCUT2D eigenvalue weighted by Crippen LogP contribution is 2.45. The lowest BCUT2D eigenvalue weighted by molar-refractivity contribution is 0.590. The summed E-state index contributed by atoms with van der Waals surface area (Å²) < 4.78 is 6.82. The van der Waals surface area contributed by atoms with Crippen LogP contribution in [-0.4, -0.2) is 0 Å². The van der Waals surface area contributed by atoms with Gasteiger partial charge >= 0.3 is 0 Å². The largest absolute Gasteiger partial charge is 0.456 e. The number of anilines is 6. The molecule has 0 spiro atoms. The van der Waals surface area contributed by atoms with Crippen molar-refractivity contribution in [2.24, 2.45) is 0 Å². The lowest BCUT2D eigenvalue weighted by Gasteiger charge is -2.28. The molecule has 0 amide bonds. The van der Waals surface area contributed by atoms with E-state index >= 15 is 0 Å². The third kappa shape index (κ3) is 7.88. The van der Waals surface area contributed by atoms with E-state index in [0.717, 1.165) is 77.6 Å². The fourth-order valence-corrected chi connectivity index (χ4v) is 9.97. The number of hydrogen-bond donors (Lipinski definition) is 0. The molecule has 0 aliphatic rings. The molecule has 12 rings (SSSR count). The van der Waals surface area contributed by atoms with E-state index in [1.807, 2.05) is 0 Å². The van der Waals surface area contributed by atoms with Crippen LogP contribution in [0.4, 0.5) is 34.1 Å². The summed E-state index contributed by atoms with van der Waals surface area (Å²) >= 11 is 0. The molecule has 0 bridgehead atoms. The summed E-state index contributed by atoms with van der Waals surface area (Å²) in [4.78, 5) is 4.75. The van der Waals surface area contributed by atoms with Crippen molar-refractivity contribution in [1.29, 1.82) is 0 Å². The molecule has 0 saturated carbocycles. The number of benzene rings is 11. The zero-order valence-corrected chi connectivity index (χ0v) is 39.0. The summed E-state index contributed by atoms with van der Waals surface area (Å²) in [6, 6.07) is 89.9. The first kappa shape index (κ1) is 41.7. The zero-order valence-electron chi connectivity index (χ0n) is 39.0. The second-order valence-electron chi connectivity index (χ2n) is 19.0. The van der Waals surface area contributed by atoms with Crippen LogP contribution in [0.15, 0.2) is 253 Å². The lowest BCUT2D eigenvalue weighted by atomic mass is 9.86. The molecule has 1 aromatic heterocycles. The van der Waals surface area contributed by atoms with Crippen LogP contribution in [0.25, 0.3) is 76.9 Å². The van der Waals surface area contributed by atoms with Crippen LogP contribution in [-0.2, 0) is 5.41 Å². The van der Waals surface area contributed by atoms with E-state index < -0.39 is 0 Å². The molecule has 1 heterocycles. The van der Waals surface area contributed by atoms with Crippen molar-refractivity contribution in [3.8, 4) is 33.4 Å².